The Balaban J connectivity index is 1.34. The Hall–Kier alpha value is -4.38. The maximum absolute atomic E-state index is 13.8. The van der Waals surface area contributed by atoms with E-state index in [0.29, 0.717) is 0 Å². The van der Waals surface area contributed by atoms with E-state index in [9.17, 15) is 32.7 Å². The van der Waals surface area contributed by atoms with Crippen molar-refractivity contribution in [2.24, 2.45) is 5.92 Å². The van der Waals surface area contributed by atoms with Gasteiger partial charge >= 0.3 is 18.2 Å². The summed E-state index contributed by atoms with van der Waals surface area (Å²) in [6.07, 6.45) is -7.36. The summed E-state index contributed by atoms with van der Waals surface area (Å²) in [5, 5.41) is 13.4. The number of hydrogen-bond donors (Lipinski definition) is 3. The number of fused-ring (bicyclic) bond motifs is 3. The minimum Gasteiger partial charge on any atom is -0.480 e. The normalized spacial score (nSPS) is 14.7. The van der Waals surface area contributed by atoms with Gasteiger partial charge in [-0.25, -0.2) is 9.59 Å². The highest BCUT2D eigenvalue weighted by molar-refractivity contribution is 5.86. The largest absolute Gasteiger partial charge is 0.480 e. The number of carbonyl (C=O) groups is 3. The zero-order chi connectivity index (χ0) is 29.6. The molecule has 4 rings (SSSR count). The fourth-order valence-corrected chi connectivity index (χ4v) is 4.72. The molecule has 0 fully saturated rings. The number of carbonyl (C=O) groups excluding carboxylic acids is 2. The Morgan fingerprint density at radius 3 is 2.02 bits per heavy atom. The lowest BCUT2D eigenvalue weighted by Crippen LogP contribution is -2.54. The van der Waals surface area contributed by atoms with Crippen LogP contribution in [0.25, 0.3) is 11.1 Å². The number of alkyl carbamates (subject to hydrolysis) is 1. The number of alkyl halides is 3. The number of aliphatic carboxylic acids is 1. The average molecular weight is 571 g/mol. The Morgan fingerprint density at radius 1 is 0.902 bits per heavy atom. The molecule has 0 spiro atoms. The zero-order valence-electron chi connectivity index (χ0n) is 22.1. The molecule has 41 heavy (non-hydrogen) atoms. The SMILES string of the molecule is C[C@@H](OCc1ccccc1)[C@H](NC(=O)C(CNC(=O)OCC1c2ccccc2-c2ccccc21)C(F)(F)F)C(=O)O. The summed E-state index contributed by atoms with van der Waals surface area (Å²) in [4.78, 5) is 36.7. The van der Waals surface area contributed by atoms with E-state index in [0.717, 1.165) is 27.8 Å². The molecule has 3 aromatic carbocycles. The van der Waals surface area contributed by atoms with Gasteiger partial charge in [0, 0.05) is 12.5 Å². The van der Waals surface area contributed by atoms with E-state index in [1.807, 2.05) is 59.2 Å². The smallest absolute Gasteiger partial charge is 0.407 e. The monoisotopic (exact) mass is 570 g/mol. The second-order valence-electron chi connectivity index (χ2n) is 9.63. The summed E-state index contributed by atoms with van der Waals surface area (Å²) in [7, 11) is 0. The third kappa shape index (κ3) is 7.23. The van der Waals surface area contributed by atoms with Crippen LogP contribution in [0.4, 0.5) is 18.0 Å². The molecule has 3 N–H and O–H groups in total. The molecule has 11 heteroatoms. The van der Waals surface area contributed by atoms with E-state index in [1.54, 1.807) is 30.3 Å². The van der Waals surface area contributed by atoms with Crippen LogP contribution < -0.4 is 10.6 Å². The molecule has 3 atom stereocenters. The fourth-order valence-electron chi connectivity index (χ4n) is 4.72. The van der Waals surface area contributed by atoms with Crippen molar-refractivity contribution in [2.75, 3.05) is 13.2 Å². The summed E-state index contributed by atoms with van der Waals surface area (Å²) in [5.41, 5.74) is 4.55. The number of carboxylic acid groups (broad SMARTS) is 1. The van der Waals surface area contributed by atoms with Gasteiger partial charge in [-0.15, -0.1) is 0 Å². The molecule has 0 aliphatic heterocycles. The fraction of sp³-hybridized carbons (Fsp3) is 0.300. The maximum Gasteiger partial charge on any atom is 0.407 e. The third-order valence-electron chi connectivity index (χ3n) is 6.89. The van der Waals surface area contributed by atoms with Crippen molar-refractivity contribution in [3.8, 4) is 11.1 Å². The van der Waals surface area contributed by atoms with Gasteiger partial charge in [-0.3, -0.25) is 4.79 Å². The Bertz CT molecular complexity index is 1340. The predicted molar refractivity (Wildman–Crippen MR) is 143 cm³/mol. The molecular weight excluding hydrogens is 541 g/mol. The van der Waals surface area contributed by atoms with Crippen LogP contribution in [-0.2, 0) is 25.7 Å². The highest BCUT2D eigenvalue weighted by Crippen LogP contribution is 2.44. The van der Waals surface area contributed by atoms with Crippen molar-refractivity contribution in [3.05, 3.63) is 95.6 Å². The summed E-state index contributed by atoms with van der Waals surface area (Å²) in [5.74, 6) is -6.20. The molecule has 0 saturated heterocycles. The number of halogens is 3. The summed E-state index contributed by atoms with van der Waals surface area (Å²) < 4.78 is 52.1. The molecular formula is C30H29F3N2O6. The average Bonchev–Trinajstić information content (AvgIpc) is 3.27. The molecule has 1 unspecified atom stereocenters. The number of ether oxygens (including phenoxy) is 2. The van der Waals surface area contributed by atoms with E-state index < -0.39 is 48.8 Å². The standard InChI is InChI=1S/C30H29F3N2O6/c1-18(40-16-19-9-3-2-4-10-19)26(28(37)38)35-27(36)25(30(31,32)33)15-34-29(39)41-17-24-22-13-7-5-11-20(22)21-12-6-8-14-23(21)24/h2-14,18,24-26H,15-17H2,1H3,(H,34,39)(H,35,36)(H,37,38)/t18-,25?,26+/m1/s1. The topological polar surface area (TPSA) is 114 Å². The van der Waals surface area contributed by atoms with Crippen LogP contribution in [0.2, 0.25) is 0 Å². The molecule has 8 nitrogen and oxygen atoms in total. The van der Waals surface area contributed by atoms with E-state index >= 15 is 0 Å². The molecule has 0 aromatic heterocycles. The van der Waals surface area contributed by atoms with Crippen LogP contribution in [0.15, 0.2) is 78.9 Å². The second-order valence-corrected chi connectivity index (χ2v) is 9.63. The number of benzene rings is 3. The van der Waals surface area contributed by atoms with Gasteiger partial charge in [0.1, 0.15) is 6.61 Å². The van der Waals surface area contributed by atoms with E-state index in [4.69, 9.17) is 9.47 Å². The van der Waals surface area contributed by atoms with Crippen LogP contribution in [0.5, 0.6) is 0 Å². The summed E-state index contributed by atoms with van der Waals surface area (Å²) >= 11 is 0. The van der Waals surface area contributed by atoms with Gasteiger partial charge in [-0.2, -0.15) is 13.2 Å². The van der Waals surface area contributed by atoms with Crippen LogP contribution in [0.3, 0.4) is 0 Å². The third-order valence-corrected chi connectivity index (χ3v) is 6.89. The number of rotatable bonds is 11. The lowest BCUT2D eigenvalue weighted by molar-refractivity contribution is -0.183. The Labute approximate surface area is 234 Å². The second kappa shape index (κ2) is 12.9. The van der Waals surface area contributed by atoms with Crippen molar-refractivity contribution in [1.29, 1.82) is 0 Å². The summed E-state index contributed by atoms with van der Waals surface area (Å²) in [6.45, 7) is 0.0604. The molecule has 3 aromatic rings. The first-order valence-electron chi connectivity index (χ1n) is 12.9. The molecule has 216 valence electrons. The first-order valence-corrected chi connectivity index (χ1v) is 12.9. The van der Waals surface area contributed by atoms with Crippen molar-refractivity contribution in [1.82, 2.24) is 10.6 Å². The molecule has 0 radical (unpaired) electrons. The first kappa shape index (κ1) is 29.6. The Kier molecular flexibility index (Phi) is 9.28. The lowest BCUT2D eigenvalue weighted by atomic mass is 9.98. The first-order chi connectivity index (χ1) is 19.6. The van der Waals surface area contributed by atoms with Gasteiger partial charge < -0.3 is 25.2 Å². The van der Waals surface area contributed by atoms with Gasteiger partial charge in [0.2, 0.25) is 5.91 Å². The van der Waals surface area contributed by atoms with Gasteiger partial charge in [0.05, 0.1) is 12.7 Å². The van der Waals surface area contributed by atoms with E-state index in [-0.39, 0.29) is 19.1 Å². The quantitative estimate of drug-likeness (QED) is 0.303. The number of hydrogen-bond acceptors (Lipinski definition) is 5. The van der Waals surface area contributed by atoms with Crippen molar-refractivity contribution in [2.45, 2.75) is 37.8 Å². The van der Waals surface area contributed by atoms with Crippen LogP contribution in [0.1, 0.15) is 29.5 Å². The van der Waals surface area contributed by atoms with Crippen LogP contribution >= 0.6 is 0 Å². The van der Waals surface area contributed by atoms with Gasteiger partial charge in [0.15, 0.2) is 12.0 Å². The highest BCUT2D eigenvalue weighted by atomic mass is 19.4. The molecule has 0 saturated carbocycles. The number of carboxylic acids is 1. The van der Waals surface area contributed by atoms with E-state index in [2.05, 4.69) is 0 Å². The molecule has 0 heterocycles. The Morgan fingerprint density at radius 2 is 1.46 bits per heavy atom. The molecule has 0 bridgehead atoms. The molecule has 2 amide bonds. The summed E-state index contributed by atoms with van der Waals surface area (Å²) in [6, 6.07) is 22.1. The van der Waals surface area contributed by atoms with Crippen LogP contribution in [0, 0.1) is 5.92 Å². The number of nitrogens with one attached hydrogen (secondary N) is 2. The number of amides is 2. The van der Waals surface area contributed by atoms with Gasteiger partial charge in [-0.05, 0) is 34.7 Å². The van der Waals surface area contributed by atoms with E-state index in [1.165, 1.54) is 6.92 Å². The highest BCUT2D eigenvalue weighted by Gasteiger charge is 2.46. The zero-order valence-corrected chi connectivity index (χ0v) is 22.1. The molecule has 1 aliphatic rings. The van der Waals surface area contributed by atoms with Gasteiger partial charge in [0.25, 0.3) is 0 Å². The van der Waals surface area contributed by atoms with Crippen molar-refractivity contribution >= 4 is 18.0 Å². The molecule has 1 aliphatic carbocycles. The maximum atomic E-state index is 13.8. The lowest BCUT2D eigenvalue weighted by Gasteiger charge is -2.26. The van der Waals surface area contributed by atoms with Crippen molar-refractivity contribution in [3.63, 3.8) is 0 Å². The minimum absolute atomic E-state index is 0.00625. The van der Waals surface area contributed by atoms with Crippen LogP contribution in [-0.4, -0.2) is 54.5 Å². The van der Waals surface area contributed by atoms with Crippen molar-refractivity contribution < 1.29 is 42.1 Å². The predicted octanol–water partition coefficient (Wildman–Crippen LogP) is 4.88. The minimum atomic E-state index is -5.07. The van der Waals surface area contributed by atoms with Gasteiger partial charge in [-0.1, -0.05) is 78.9 Å².